The summed E-state index contributed by atoms with van der Waals surface area (Å²) >= 11 is 0. The molecule has 0 aromatic carbocycles. The Morgan fingerprint density at radius 1 is 1.67 bits per heavy atom. The second-order valence-electron chi connectivity index (χ2n) is 2.88. The predicted octanol–water partition coefficient (Wildman–Crippen LogP) is -0.0720. The number of carbonyl (C=O) groups is 1. The van der Waals surface area contributed by atoms with Gasteiger partial charge in [-0.1, -0.05) is 0 Å². The molecule has 1 fully saturated rings. The summed E-state index contributed by atoms with van der Waals surface area (Å²) in [6.07, 6.45) is 2.34. The van der Waals surface area contributed by atoms with Crippen LogP contribution in [0.1, 0.15) is 12.8 Å². The van der Waals surface area contributed by atoms with Crippen molar-refractivity contribution in [1.29, 1.82) is 0 Å². The highest BCUT2D eigenvalue weighted by atomic mass is 16.6. The van der Waals surface area contributed by atoms with E-state index in [1.54, 1.807) is 0 Å². The van der Waals surface area contributed by atoms with E-state index in [-0.39, 0.29) is 12.6 Å². The molecule has 1 unspecified atom stereocenters. The zero-order valence-electron chi connectivity index (χ0n) is 7.34. The smallest absolute Gasteiger partial charge is 0.331 e. The number of methoxy groups -OCH3 is 1. The van der Waals surface area contributed by atoms with Crippen molar-refractivity contribution in [3.8, 4) is 0 Å². The van der Waals surface area contributed by atoms with Crippen molar-refractivity contribution in [1.82, 2.24) is 5.32 Å². The molecule has 0 bridgehead atoms. The molecule has 1 rings (SSSR count). The van der Waals surface area contributed by atoms with Gasteiger partial charge in [0.05, 0.1) is 13.7 Å². The summed E-state index contributed by atoms with van der Waals surface area (Å²) in [6.45, 7) is 1.73. The van der Waals surface area contributed by atoms with Crippen LogP contribution >= 0.6 is 0 Å². The Hall–Kier alpha value is -0.610. The largest absolute Gasteiger partial charge is 0.467 e. The van der Waals surface area contributed by atoms with Crippen molar-refractivity contribution in [3.05, 3.63) is 0 Å². The third-order valence-corrected chi connectivity index (χ3v) is 1.93. The van der Waals surface area contributed by atoms with Crippen LogP contribution in [0.25, 0.3) is 0 Å². The fourth-order valence-electron chi connectivity index (χ4n) is 1.24. The highest BCUT2D eigenvalue weighted by molar-refractivity contribution is 5.70. The maximum absolute atomic E-state index is 10.6. The highest BCUT2D eigenvalue weighted by Crippen LogP contribution is 2.04. The predicted molar refractivity (Wildman–Crippen MR) is 43.9 cm³/mol. The van der Waals surface area contributed by atoms with E-state index in [9.17, 15) is 4.79 Å². The molecule has 0 spiro atoms. The van der Waals surface area contributed by atoms with E-state index in [2.05, 4.69) is 10.1 Å². The molecule has 70 valence electrons. The van der Waals surface area contributed by atoms with Gasteiger partial charge in [0.25, 0.3) is 0 Å². The maximum Gasteiger partial charge on any atom is 0.331 e. The van der Waals surface area contributed by atoms with Gasteiger partial charge in [-0.15, -0.1) is 0 Å². The summed E-state index contributed by atoms with van der Waals surface area (Å²) in [5.74, 6) is -0.312. The van der Waals surface area contributed by atoms with Gasteiger partial charge in [0, 0.05) is 6.04 Å². The Bertz CT molecular complexity index is 143. The Labute approximate surface area is 72.2 Å². The quantitative estimate of drug-likeness (QED) is 0.604. The summed E-state index contributed by atoms with van der Waals surface area (Å²) < 4.78 is 9.56. The minimum Gasteiger partial charge on any atom is -0.467 e. The van der Waals surface area contributed by atoms with Crippen LogP contribution in [0.3, 0.4) is 0 Å². The van der Waals surface area contributed by atoms with E-state index in [4.69, 9.17) is 4.74 Å². The second-order valence-corrected chi connectivity index (χ2v) is 2.88. The fourth-order valence-corrected chi connectivity index (χ4v) is 1.24. The van der Waals surface area contributed by atoms with Crippen LogP contribution in [0.4, 0.5) is 0 Å². The van der Waals surface area contributed by atoms with Crippen molar-refractivity contribution in [2.24, 2.45) is 0 Å². The Morgan fingerprint density at radius 3 is 3.08 bits per heavy atom. The number of esters is 1. The van der Waals surface area contributed by atoms with Gasteiger partial charge in [-0.25, -0.2) is 4.79 Å². The summed E-state index contributed by atoms with van der Waals surface area (Å²) in [7, 11) is 1.36. The van der Waals surface area contributed by atoms with Crippen LogP contribution in [-0.4, -0.2) is 38.9 Å². The first-order chi connectivity index (χ1) is 5.83. The SMILES string of the molecule is COC(=O)COCC1CCCN1. The number of hydrogen-bond acceptors (Lipinski definition) is 4. The zero-order chi connectivity index (χ0) is 8.81. The molecule has 12 heavy (non-hydrogen) atoms. The van der Waals surface area contributed by atoms with Crippen molar-refractivity contribution >= 4 is 5.97 Å². The van der Waals surface area contributed by atoms with E-state index in [1.807, 2.05) is 0 Å². The lowest BCUT2D eigenvalue weighted by Crippen LogP contribution is -2.28. The molecule has 4 nitrogen and oxygen atoms in total. The summed E-state index contributed by atoms with van der Waals surface area (Å²) in [5.41, 5.74) is 0. The summed E-state index contributed by atoms with van der Waals surface area (Å²) in [6, 6.07) is 0.426. The zero-order valence-corrected chi connectivity index (χ0v) is 7.34. The number of hydrogen-bond donors (Lipinski definition) is 1. The molecule has 0 saturated carbocycles. The average Bonchev–Trinajstić information content (AvgIpc) is 2.57. The summed E-state index contributed by atoms with van der Waals surface area (Å²) in [5, 5.41) is 3.27. The van der Waals surface area contributed by atoms with Gasteiger partial charge < -0.3 is 14.8 Å². The Kier molecular flexibility index (Phi) is 4.04. The molecule has 0 aromatic rings. The molecule has 0 radical (unpaired) electrons. The van der Waals surface area contributed by atoms with Gasteiger partial charge in [-0.2, -0.15) is 0 Å². The van der Waals surface area contributed by atoms with Crippen molar-refractivity contribution < 1.29 is 14.3 Å². The minimum absolute atomic E-state index is 0.0642. The van der Waals surface area contributed by atoms with Crippen LogP contribution in [-0.2, 0) is 14.3 Å². The normalized spacial score (nSPS) is 22.6. The van der Waals surface area contributed by atoms with Gasteiger partial charge in [0.2, 0.25) is 0 Å². The molecular formula is C8H15NO3. The number of carbonyl (C=O) groups excluding carboxylic acids is 1. The topological polar surface area (TPSA) is 47.6 Å². The molecule has 0 aromatic heterocycles. The molecule has 1 aliphatic heterocycles. The van der Waals surface area contributed by atoms with E-state index in [0.717, 1.165) is 13.0 Å². The summed E-state index contributed by atoms with van der Waals surface area (Å²) in [4.78, 5) is 10.6. The first-order valence-corrected chi connectivity index (χ1v) is 4.21. The molecular weight excluding hydrogens is 158 g/mol. The molecule has 1 heterocycles. The number of nitrogens with one attached hydrogen (secondary N) is 1. The lowest BCUT2D eigenvalue weighted by molar-refractivity contribution is -0.146. The number of rotatable bonds is 4. The molecule has 1 atom stereocenters. The van der Waals surface area contributed by atoms with E-state index >= 15 is 0 Å². The third-order valence-electron chi connectivity index (χ3n) is 1.93. The van der Waals surface area contributed by atoms with Gasteiger partial charge in [-0.05, 0) is 19.4 Å². The first-order valence-electron chi connectivity index (χ1n) is 4.21. The van der Waals surface area contributed by atoms with Crippen molar-refractivity contribution in [2.45, 2.75) is 18.9 Å². The van der Waals surface area contributed by atoms with Crippen LogP contribution in [0, 0.1) is 0 Å². The molecule has 0 aliphatic carbocycles. The molecule has 1 N–H and O–H groups in total. The molecule has 0 amide bonds. The van der Waals surface area contributed by atoms with Gasteiger partial charge in [0.15, 0.2) is 0 Å². The van der Waals surface area contributed by atoms with Crippen LogP contribution < -0.4 is 5.32 Å². The van der Waals surface area contributed by atoms with Crippen LogP contribution in [0.2, 0.25) is 0 Å². The third kappa shape index (κ3) is 3.19. The van der Waals surface area contributed by atoms with Gasteiger partial charge >= 0.3 is 5.97 Å². The minimum atomic E-state index is -0.312. The van der Waals surface area contributed by atoms with Crippen LogP contribution in [0.5, 0.6) is 0 Å². The fraction of sp³-hybridized carbons (Fsp3) is 0.875. The van der Waals surface area contributed by atoms with Crippen LogP contribution in [0.15, 0.2) is 0 Å². The monoisotopic (exact) mass is 173 g/mol. The number of ether oxygens (including phenoxy) is 2. The maximum atomic E-state index is 10.6. The Morgan fingerprint density at radius 2 is 2.50 bits per heavy atom. The molecule has 4 heteroatoms. The highest BCUT2D eigenvalue weighted by Gasteiger charge is 2.14. The Balaban J connectivity index is 1.97. The van der Waals surface area contributed by atoms with Crippen molar-refractivity contribution in [3.63, 3.8) is 0 Å². The lowest BCUT2D eigenvalue weighted by Gasteiger charge is -2.09. The second kappa shape index (κ2) is 5.11. The van der Waals surface area contributed by atoms with E-state index < -0.39 is 0 Å². The first kappa shape index (κ1) is 9.48. The average molecular weight is 173 g/mol. The lowest BCUT2D eigenvalue weighted by atomic mass is 10.2. The van der Waals surface area contributed by atoms with Gasteiger partial charge in [0.1, 0.15) is 6.61 Å². The van der Waals surface area contributed by atoms with Crippen molar-refractivity contribution in [2.75, 3.05) is 26.9 Å². The standard InChI is InChI=1S/C8H15NO3/c1-11-8(10)6-12-5-7-3-2-4-9-7/h7,9H,2-6H2,1H3. The van der Waals surface area contributed by atoms with Gasteiger partial charge in [-0.3, -0.25) is 0 Å². The van der Waals surface area contributed by atoms with E-state index in [0.29, 0.717) is 12.6 Å². The van der Waals surface area contributed by atoms with E-state index in [1.165, 1.54) is 13.5 Å². The molecule has 1 saturated heterocycles. The molecule has 1 aliphatic rings.